The van der Waals surface area contributed by atoms with Crippen LogP contribution in [0.25, 0.3) is 0 Å². The number of phosphoric ester groups is 1. The van der Waals surface area contributed by atoms with Crippen molar-refractivity contribution in [3.8, 4) is 0 Å². The number of nitrogens with two attached hydrogens (primary N) is 1. The molecule has 296 valence electrons. The third-order valence-electron chi connectivity index (χ3n) is 8.20. The van der Waals surface area contributed by atoms with Gasteiger partial charge in [0.1, 0.15) is 6.10 Å². The summed E-state index contributed by atoms with van der Waals surface area (Å²) in [5.74, 6) is -0.351. The van der Waals surface area contributed by atoms with Crippen LogP contribution in [0.15, 0.2) is 60.8 Å². The summed E-state index contributed by atoms with van der Waals surface area (Å²) in [6, 6.07) is 0. The van der Waals surface area contributed by atoms with Crippen LogP contribution in [0.3, 0.4) is 0 Å². The Kier molecular flexibility index (Phi) is 38.0. The van der Waals surface area contributed by atoms with E-state index in [1.54, 1.807) is 0 Å². The predicted molar refractivity (Wildman–Crippen MR) is 215 cm³/mol. The highest BCUT2D eigenvalue weighted by Crippen LogP contribution is 2.43. The highest BCUT2D eigenvalue weighted by atomic mass is 31.2. The molecular formula is C42H76NO7P. The summed E-state index contributed by atoms with van der Waals surface area (Å²) >= 11 is 0. The maximum absolute atomic E-state index is 12.5. The van der Waals surface area contributed by atoms with E-state index < -0.39 is 13.9 Å². The summed E-state index contributed by atoms with van der Waals surface area (Å²) in [4.78, 5) is 22.4. The smallest absolute Gasteiger partial charge is 0.457 e. The van der Waals surface area contributed by atoms with Crippen LogP contribution in [0.5, 0.6) is 0 Å². The molecule has 0 heterocycles. The molecule has 0 radical (unpaired) electrons. The maximum Gasteiger partial charge on any atom is 0.472 e. The van der Waals surface area contributed by atoms with Crippen molar-refractivity contribution >= 4 is 13.8 Å². The number of carbonyl (C=O) groups is 1. The highest BCUT2D eigenvalue weighted by molar-refractivity contribution is 7.47. The average Bonchev–Trinajstić information content (AvgIpc) is 3.12. The first-order chi connectivity index (χ1) is 24.9. The molecule has 2 atom stereocenters. The monoisotopic (exact) mass is 738 g/mol. The lowest BCUT2D eigenvalue weighted by Crippen LogP contribution is -2.28. The molecule has 0 fully saturated rings. The zero-order valence-corrected chi connectivity index (χ0v) is 33.5. The molecule has 0 spiro atoms. The standard InChI is InChI=1S/C42H76NO7P/c1-3-5-7-9-11-13-15-16-17-18-19-20-21-22-23-24-25-27-29-31-33-35-42(44)50-41(40-49-51(45,46)48-38-36-43)39-47-37-34-32-30-28-26-14-12-10-8-6-4-2/h5,7,11,13,16-17,19-20,22-23,41H,3-4,6,8-10,12,14-15,18,21,24-40,43H2,1-2H3,(H,45,46)/b7-5-,13-11-,17-16-,20-19-,23-22-. The van der Waals surface area contributed by atoms with Crippen molar-refractivity contribution in [2.75, 3.05) is 33.0 Å². The van der Waals surface area contributed by atoms with E-state index >= 15 is 0 Å². The second-order valence-electron chi connectivity index (χ2n) is 13.1. The van der Waals surface area contributed by atoms with Gasteiger partial charge in [0.2, 0.25) is 0 Å². The van der Waals surface area contributed by atoms with Gasteiger partial charge in [-0.15, -0.1) is 0 Å². The summed E-state index contributed by atoms with van der Waals surface area (Å²) in [6.07, 6.45) is 46.6. The van der Waals surface area contributed by atoms with Gasteiger partial charge < -0.3 is 20.1 Å². The third-order valence-corrected chi connectivity index (χ3v) is 9.18. The Morgan fingerprint density at radius 2 is 1.10 bits per heavy atom. The van der Waals surface area contributed by atoms with Crippen molar-refractivity contribution in [3.05, 3.63) is 60.8 Å². The number of rotatable bonds is 38. The molecule has 0 saturated carbocycles. The Hall–Kier alpha value is -1.80. The zero-order chi connectivity index (χ0) is 37.4. The topological polar surface area (TPSA) is 117 Å². The van der Waals surface area contributed by atoms with Crippen molar-refractivity contribution in [2.45, 2.75) is 168 Å². The van der Waals surface area contributed by atoms with E-state index in [-0.39, 0.29) is 32.3 Å². The Labute approximate surface area is 313 Å². The molecule has 0 saturated heterocycles. The van der Waals surface area contributed by atoms with Crippen LogP contribution < -0.4 is 5.73 Å². The summed E-state index contributed by atoms with van der Waals surface area (Å²) in [7, 11) is -4.28. The van der Waals surface area contributed by atoms with E-state index in [2.05, 4.69) is 74.6 Å². The molecule has 0 aliphatic rings. The van der Waals surface area contributed by atoms with Gasteiger partial charge in [0.25, 0.3) is 0 Å². The molecule has 0 aromatic heterocycles. The average molecular weight is 738 g/mol. The quantitative estimate of drug-likeness (QED) is 0.0278. The van der Waals surface area contributed by atoms with Crippen LogP contribution in [-0.2, 0) is 27.9 Å². The SMILES string of the molecule is CC/C=C\C/C=C\C/C=C\C/C=C\C/C=C\CCCCCCCC(=O)OC(COCCCCCCCCCCCCC)COP(=O)(O)OCCN. The fraction of sp³-hybridized carbons (Fsp3) is 0.738. The number of ether oxygens (including phenoxy) is 2. The normalized spacial score (nSPS) is 14.2. The molecule has 0 aromatic rings. The highest BCUT2D eigenvalue weighted by Gasteiger charge is 2.25. The molecule has 9 heteroatoms. The maximum atomic E-state index is 12.5. The van der Waals surface area contributed by atoms with Gasteiger partial charge >= 0.3 is 13.8 Å². The molecule has 0 rings (SSSR count). The van der Waals surface area contributed by atoms with E-state index in [0.717, 1.165) is 83.5 Å². The number of carbonyl (C=O) groups excluding carboxylic acids is 1. The molecule has 0 aliphatic carbocycles. The van der Waals surface area contributed by atoms with E-state index in [1.807, 2.05) is 0 Å². The largest absolute Gasteiger partial charge is 0.472 e. The van der Waals surface area contributed by atoms with Crippen molar-refractivity contribution in [2.24, 2.45) is 5.73 Å². The Morgan fingerprint density at radius 1 is 0.608 bits per heavy atom. The first kappa shape index (κ1) is 49.2. The Bertz CT molecular complexity index is 963. The second-order valence-corrected chi connectivity index (χ2v) is 14.6. The van der Waals surface area contributed by atoms with E-state index in [4.69, 9.17) is 24.3 Å². The van der Waals surface area contributed by atoms with E-state index in [0.29, 0.717) is 13.0 Å². The lowest BCUT2D eigenvalue weighted by atomic mass is 10.1. The molecule has 0 aliphatic heterocycles. The van der Waals surface area contributed by atoms with Gasteiger partial charge in [0.05, 0.1) is 19.8 Å². The van der Waals surface area contributed by atoms with Crippen molar-refractivity contribution in [1.82, 2.24) is 0 Å². The van der Waals surface area contributed by atoms with Gasteiger partial charge in [-0.1, -0.05) is 158 Å². The number of hydrogen-bond acceptors (Lipinski definition) is 7. The number of phosphoric acid groups is 1. The lowest BCUT2D eigenvalue weighted by molar-refractivity contribution is -0.154. The van der Waals surface area contributed by atoms with Gasteiger partial charge in [0.15, 0.2) is 0 Å². The van der Waals surface area contributed by atoms with Gasteiger partial charge in [-0.2, -0.15) is 0 Å². The van der Waals surface area contributed by atoms with Crippen LogP contribution in [-0.4, -0.2) is 49.9 Å². The van der Waals surface area contributed by atoms with Crippen LogP contribution in [0, 0.1) is 0 Å². The predicted octanol–water partition coefficient (Wildman–Crippen LogP) is 11.8. The minimum absolute atomic E-state index is 0.0950. The van der Waals surface area contributed by atoms with Gasteiger partial charge in [-0.05, 0) is 57.8 Å². The van der Waals surface area contributed by atoms with Crippen LogP contribution in [0.2, 0.25) is 0 Å². The number of hydrogen-bond donors (Lipinski definition) is 2. The van der Waals surface area contributed by atoms with Crippen LogP contribution >= 0.6 is 7.82 Å². The minimum Gasteiger partial charge on any atom is -0.457 e. The van der Waals surface area contributed by atoms with Crippen LogP contribution in [0.1, 0.15) is 162 Å². The zero-order valence-electron chi connectivity index (χ0n) is 32.6. The number of esters is 1. The van der Waals surface area contributed by atoms with Crippen molar-refractivity contribution in [1.29, 1.82) is 0 Å². The summed E-state index contributed by atoms with van der Waals surface area (Å²) in [5, 5.41) is 0. The fourth-order valence-corrected chi connectivity index (χ4v) is 6.02. The molecule has 51 heavy (non-hydrogen) atoms. The lowest BCUT2D eigenvalue weighted by Gasteiger charge is -2.20. The van der Waals surface area contributed by atoms with Crippen molar-refractivity contribution < 1.29 is 32.8 Å². The second kappa shape index (κ2) is 39.4. The number of unbranched alkanes of at least 4 members (excludes halogenated alkanes) is 15. The Morgan fingerprint density at radius 3 is 1.65 bits per heavy atom. The first-order valence-corrected chi connectivity index (χ1v) is 21.8. The summed E-state index contributed by atoms with van der Waals surface area (Å²) in [5.41, 5.74) is 5.35. The van der Waals surface area contributed by atoms with Gasteiger partial charge in [-0.3, -0.25) is 13.8 Å². The molecule has 3 N–H and O–H groups in total. The molecule has 0 amide bonds. The number of allylic oxidation sites excluding steroid dienone is 10. The summed E-state index contributed by atoms with van der Waals surface area (Å²) < 4.78 is 33.3. The molecule has 8 nitrogen and oxygen atoms in total. The third kappa shape index (κ3) is 39.2. The van der Waals surface area contributed by atoms with Gasteiger partial charge in [-0.25, -0.2) is 4.57 Å². The molecule has 0 aromatic carbocycles. The molecule has 2 unspecified atom stereocenters. The van der Waals surface area contributed by atoms with Crippen LogP contribution in [0.4, 0.5) is 0 Å². The Balaban J connectivity index is 4.09. The first-order valence-electron chi connectivity index (χ1n) is 20.3. The van der Waals surface area contributed by atoms with E-state index in [9.17, 15) is 14.3 Å². The molecule has 0 bridgehead atoms. The van der Waals surface area contributed by atoms with E-state index in [1.165, 1.54) is 57.8 Å². The van der Waals surface area contributed by atoms with Gasteiger partial charge in [0, 0.05) is 19.6 Å². The summed E-state index contributed by atoms with van der Waals surface area (Å²) in [6.45, 7) is 4.77. The van der Waals surface area contributed by atoms with Crippen molar-refractivity contribution in [3.63, 3.8) is 0 Å². The fourth-order valence-electron chi connectivity index (χ4n) is 5.26. The molecular weight excluding hydrogens is 661 g/mol. The minimum atomic E-state index is -4.28.